The molecule has 0 spiro atoms. The lowest BCUT2D eigenvalue weighted by atomic mass is 9.95. The SMILES string of the molecule is COc1cc2c(cc1OC)CN(C(=O)c1ccccc1C(=O)c1ccc(Cl)cc1)CC2. The Labute approximate surface area is 186 Å². The molecule has 0 bridgehead atoms. The third-order valence-corrected chi connectivity index (χ3v) is 5.77. The van der Waals surface area contributed by atoms with Crippen LogP contribution in [-0.4, -0.2) is 37.4 Å². The average Bonchev–Trinajstić information content (AvgIpc) is 2.82. The van der Waals surface area contributed by atoms with Crippen LogP contribution in [0.3, 0.4) is 0 Å². The van der Waals surface area contributed by atoms with Gasteiger partial charge in [-0.2, -0.15) is 0 Å². The van der Waals surface area contributed by atoms with E-state index in [1.807, 2.05) is 12.1 Å². The van der Waals surface area contributed by atoms with Gasteiger partial charge in [0.2, 0.25) is 0 Å². The topological polar surface area (TPSA) is 55.8 Å². The summed E-state index contributed by atoms with van der Waals surface area (Å²) in [5.74, 6) is 0.941. The Hall–Kier alpha value is -3.31. The molecule has 0 radical (unpaired) electrons. The van der Waals surface area contributed by atoms with Crippen molar-refractivity contribution in [3.8, 4) is 11.5 Å². The molecule has 158 valence electrons. The number of ether oxygens (including phenoxy) is 2. The van der Waals surface area contributed by atoms with Gasteiger partial charge in [-0.3, -0.25) is 9.59 Å². The second-order valence-corrected chi connectivity index (χ2v) is 7.77. The number of ketones is 1. The Morgan fingerprint density at radius 1 is 0.871 bits per heavy atom. The van der Waals surface area contributed by atoms with Crippen LogP contribution < -0.4 is 9.47 Å². The minimum atomic E-state index is -0.204. The molecule has 4 rings (SSSR count). The first-order valence-corrected chi connectivity index (χ1v) is 10.3. The number of hydrogen-bond donors (Lipinski definition) is 0. The number of methoxy groups -OCH3 is 2. The van der Waals surface area contributed by atoms with Gasteiger partial charge in [0.15, 0.2) is 17.3 Å². The molecule has 3 aromatic rings. The van der Waals surface area contributed by atoms with Gasteiger partial charge in [0, 0.05) is 29.2 Å². The average molecular weight is 436 g/mol. The normalized spacial score (nSPS) is 12.8. The highest BCUT2D eigenvalue weighted by molar-refractivity contribution is 6.30. The number of amides is 1. The summed E-state index contributed by atoms with van der Waals surface area (Å²) in [6, 6.07) is 17.5. The van der Waals surface area contributed by atoms with E-state index < -0.39 is 0 Å². The zero-order chi connectivity index (χ0) is 22.0. The van der Waals surface area contributed by atoms with Gasteiger partial charge in [-0.15, -0.1) is 0 Å². The van der Waals surface area contributed by atoms with Crippen LogP contribution in [0.1, 0.15) is 37.4 Å². The fourth-order valence-electron chi connectivity index (χ4n) is 3.85. The van der Waals surface area contributed by atoms with Crippen LogP contribution in [0, 0.1) is 0 Å². The van der Waals surface area contributed by atoms with Crippen LogP contribution in [0.25, 0.3) is 0 Å². The number of fused-ring (bicyclic) bond motifs is 1. The third-order valence-electron chi connectivity index (χ3n) is 5.51. The summed E-state index contributed by atoms with van der Waals surface area (Å²) in [5, 5.41) is 0.556. The molecular formula is C25H22ClNO4. The lowest BCUT2D eigenvalue weighted by Crippen LogP contribution is -2.36. The van der Waals surface area contributed by atoms with Crippen molar-refractivity contribution in [2.24, 2.45) is 0 Å². The lowest BCUT2D eigenvalue weighted by molar-refractivity contribution is 0.0730. The number of halogens is 1. The molecule has 1 aliphatic heterocycles. The van der Waals surface area contributed by atoms with Crippen molar-refractivity contribution in [1.82, 2.24) is 4.90 Å². The molecule has 0 unspecified atom stereocenters. The van der Waals surface area contributed by atoms with E-state index in [4.69, 9.17) is 21.1 Å². The van der Waals surface area contributed by atoms with Gasteiger partial charge in [0.05, 0.1) is 19.8 Å². The fraction of sp³-hybridized carbons (Fsp3) is 0.200. The third kappa shape index (κ3) is 4.14. The number of rotatable bonds is 5. The van der Waals surface area contributed by atoms with Crippen molar-refractivity contribution in [3.63, 3.8) is 0 Å². The molecular weight excluding hydrogens is 414 g/mol. The molecule has 6 heteroatoms. The molecule has 0 aromatic heterocycles. The van der Waals surface area contributed by atoms with Crippen molar-refractivity contribution in [1.29, 1.82) is 0 Å². The summed E-state index contributed by atoms with van der Waals surface area (Å²) >= 11 is 5.94. The van der Waals surface area contributed by atoms with Crippen molar-refractivity contribution in [3.05, 3.63) is 93.5 Å². The van der Waals surface area contributed by atoms with Crippen molar-refractivity contribution in [2.75, 3.05) is 20.8 Å². The van der Waals surface area contributed by atoms with E-state index in [0.717, 1.165) is 11.1 Å². The summed E-state index contributed by atoms with van der Waals surface area (Å²) in [7, 11) is 3.20. The van der Waals surface area contributed by atoms with E-state index in [1.165, 1.54) is 0 Å². The first-order valence-electron chi connectivity index (χ1n) is 9.94. The second kappa shape index (κ2) is 8.82. The zero-order valence-electron chi connectivity index (χ0n) is 17.4. The van der Waals surface area contributed by atoms with E-state index in [0.29, 0.717) is 52.7 Å². The smallest absolute Gasteiger partial charge is 0.254 e. The summed E-state index contributed by atoms with van der Waals surface area (Å²) in [6.45, 7) is 1.00. The molecule has 1 amide bonds. The van der Waals surface area contributed by atoms with Gasteiger partial charge in [-0.25, -0.2) is 0 Å². The van der Waals surface area contributed by atoms with Crippen LogP contribution in [-0.2, 0) is 13.0 Å². The van der Waals surface area contributed by atoms with E-state index in [1.54, 1.807) is 67.7 Å². The molecule has 3 aromatic carbocycles. The minimum absolute atomic E-state index is 0.168. The summed E-state index contributed by atoms with van der Waals surface area (Å²) in [5.41, 5.74) is 3.41. The second-order valence-electron chi connectivity index (χ2n) is 7.33. The van der Waals surface area contributed by atoms with Crippen LogP contribution in [0.4, 0.5) is 0 Å². The molecule has 0 atom stereocenters. The van der Waals surface area contributed by atoms with Crippen molar-refractivity contribution in [2.45, 2.75) is 13.0 Å². The molecule has 0 fully saturated rings. The van der Waals surface area contributed by atoms with E-state index >= 15 is 0 Å². The lowest BCUT2D eigenvalue weighted by Gasteiger charge is -2.30. The van der Waals surface area contributed by atoms with Crippen molar-refractivity contribution < 1.29 is 19.1 Å². The monoisotopic (exact) mass is 435 g/mol. The summed E-state index contributed by atoms with van der Waals surface area (Å²) in [6.07, 6.45) is 0.703. The molecule has 0 N–H and O–H groups in total. The molecule has 0 saturated heterocycles. The van der Waals surface area contributed by atoms with E-state index in [2.05, 4.69) is 0 Å². The van der Waals surface area contributed by atoms with Gasteiger partial charge in [0.25, 0.3) is 5.91 Å². The largest absolute Gasteiger partial charge is 0.493 e. The standard InChI is InChI=1S/C25H22ClNO4/c1-30-22-13-17-11-12-27(15-18(17)14-23(22)31-2)25(29)21-6-4-3-5-20(21)24(28)16-7-9-19(26)10-8-16/h3-10,13-14H,11-12,15H2,1-2H3. The van der Waals surface area contributed by atoms with Crippen LogP contribution in [0.5, 0.6) is 11.5 Å². The molecule has 0 saturated carbocycles. The van der Waals surface area contributed by atoms with Crippen LogP contribution in [0.2, 0.25) is 5.02 Å². The van der Waals surface area contributed by atoms with E-state index in [-0.39, 0.29) is 11.7 Å². The first kappa shape index (κ1) is 20.9. The fourth-order valence-corrected chi connectivity index (χ4v) is 3.98. The van der Waals surface area contributed by atoms with Gasteiger partial charge < -0.3 is 14.4 Å². The molecule has 1 aliphatic rings. The summed E-state index contributed by atoms with van der Waals surface area (Å²) in [4.78, 5) is 28.2. The maximum atomic E-state index is 13.4. The maximum absolute atomic E-state index is 13.4. The van der Waals surface area contributed by atoms with Crippen LogP contribution >= 0.6 is 11.6 Å². The Balaban J connectivity index is 1.63. The molecule has 31 heavy (non-hydrogen) atoms. The van der Waals surface area contributed by atoms with Gasteiger partial charge >= 0.3 is 0 Å². The number of carbonyl (C=O) groups is 2. The maximum Gasteiger partial charge on any atom is 0.254 e. The highest BCUT2D eigenvalue weighted by Crippen LogP contribution is 2.33. The Morgan fingerprint density at radius 2 is 1.48 bits per heavy atom. The molecule has 0 aliphatic carbocycles. The Bertz CT molecular complexity index is 1140. The van der Waals surface area contributed by atoms with Gasteiger partial charge in [-0.1, -0.05) is 29.8 Å². The highest BCUT2D eigenvalue weighted by atomic mass is 35.5. The predicted octanol–water partition coefficient (Wildman–Crippen LogP) is 4.79. The number of nitrogens with zero attached hydrogens (tertiary/aromatic N) is 1. The quantitative estimate of drug-likeness (QED) is 0.541. The number of benzene rings is 3. The Morgan fingerprint density at radius 3 is 2.13 bits per heavy atom. The molecule has 5 nitrogen and oxygen atoms in total. The van der Waals surface area contributed by atoms with Gasteiger partial charge in [-0.05, 0) is 60.0 Å². The van der Waals surface area contributed by atoms with Crippen LogP contribution in [0.15, 0.2) is 60.7 Å². The van der Waals surface area contributed by atoms with Crippen molar-refractivity contribution >= 4 is 23.3 Å². The predicted molar refractivity (Wildman–Crippen MR) is 119 cm³/mol. The minimum Gasteiger partial charge on any atom is -0.493 e. The van der Waals surface area contributed by atoms with Gasteiger partial charge in [0.1, 0.15) is 0 Å². The number of carbonyl (C=O) groups excluding carboxylic acids is 2. The number of hydrogen-bond acceptors (Lipinski definition) is 4. The molecule has 1 heterocycles. The zero-order valence-corrected chi connectivity index (χ0v) is 18.1. The highest BCUT2D eigenvalue weighted by Gasteiger charge is 2.26. The first-order chi connectivity index (χ1) is 15.0. The Kier molecular flexibility index (Phi) is 5.96. The summed E-state index contributed by atoms with van der Waals surface area (Å²) < 4.78 is 10.8. The van der Waals surface area contributed by atoms with E-state index in [9.17, 15) is 9.59 Å².